The molecule has 1 aromatic heterocycles. The number of nitrogens with one attached hydrogen (secondary N) is 1. The van der Waals surface area contributed by atoms with Crippen molar-refractivity contribution in [3.05, 3.63) is 53.7 Å². The first-order chi connectivity index (χ1) is 9.39. The number of pyridine rings is 1. The predicted octanol–water partition coefficient (Wildman–Crippen LogP) is 5.14. The molecule has 20 heavy (non-hydrogen) atoms. The van der Waals surface area contributed by atoms with Crippen molar-refractivity contribution in [3.8, 4) is 0 Å². The molecule has 0 aliphatic carbocycles. The number of anilines is 2. The average molecular weight is 301 g/mol. The summed E-state index contributed by atoms with van der Waals surface area (Å²) in [6.07, 6.45) is -3.15. The summed E-state index contributed by atoms with van der Waals surface area (Å²) in [4.78, 5) is 3.77. The number of hydrogen-bond donors (Lipinski definition) is 1. The number of benzene rings is 1. The molecule has 1 heterocycles. The van der Waals surface area contributed by atoms with E-state index >= 15 is 0 Å². The summed E-state index contributed by atoms with van der Waals surface area (Å²) in [6, 6.07) is 9.18. The highest BCUT2D eigenvalue weighted by Gasteiger charge is 2.34. The van der Waals surface area contributed by atoms with Crippen LogP contribution in [0.5, 0.6) is 0 Å². The molecule has 1 aromatic carbocycles. The topological polar surface area (TPSA) is 24.9 Å². The van der Waals surface area contributed by atoms with Crippen LogP contribution in [0.2, 0.25) is 0 Å². The lowest BCUT2D eigenvalue weighted by atomic mass is 10.1. The Balaban J connectivity index is 2.41. The number of aromatic nitrogens is 1. The van der Waals surface area contributed by atoms with E-state index in [1.54, 1.807) is 31.2 Å². The fraction of sp³-hybridized carbons (Fsp3) is 0.214. The van der Waals surface area contributed by atoms with Gasteiger partial charge in [-0.1, -0.05) is 18.2 Å². The zero-order valence-electron chi connectivity index (χ0n) is 10.6. The molecule has 0 amide bonds. The van der Waals surface area contributed by atoms with Gasteiger partial charge in [-0.15, -0.1) is 11.6 Å². The summed E-state index contributed by atoms with van der Waals surface area (Å²) >= 11 is 6.02. The Morgan fingerprint density at radius 1 is 1.15 bits per heavy atom. The standard InChI is InChI=1S/C14H12ClF3N2/c1-9(15)10-5-2-3-7-12(10)20-13-11(14(16,17)18)6-4-8-19-13/h2-9H,1H3,(H,19,20). The van der Waals surface area contributed by atoms with Crippen LogP contribution < -0.4 is 5.32 Å². The third-order valence-corrected chi connectivity index (χ3v) is 2.99. The number of hydrogen-bond acceptors (Lipinski definition) is 2. The Hall–Kier alpha value is -1.75. The number of nitrogens with zero attached hydrogens (tertiary/aromatic N) is 1. The van der Waals surface area contributed by atoms with Gasteiger partial charge in [-0.2, -0.15) is 13.2 Å². The van der Waals surface area contributed by atoms with Gasteiger partial charge in [0.25, 0.3) is 0 Å². The maximum absolute atomic E-state index is 12.9. The van der Waals surface area contributed by atoms with Gasteiger partial charge in [-0.05, 0) is 30.7 Å². The van der Waals surface area contributed by atoms with E-state index in [4.69, 9.17) is 11.6 Å². The van der Waals surface area contributed by atoms with Crippen LogP contribution in [0.1, 0.15) is 23.4 Å². The van der Waals surface area contributed by atoms with E-state index < -0.39 is 11.7 Å². The first-order valence-corrected chi connectivity index (χ1v) is 6.35. The molecule has 0 spiro atoms. The smallest absolute Gasteiger partial charge is 0.339 e. The molecule has 0 bridgehead atoms. The molecular weight excluding hydrogens is 289 g/mol. The SMILES string of the molecule is CC(Cl)c1ccccc1Nc1ncccc1C(F)(F)F. The largest absolute Gasteiger partial charge is 0.419 e. The number of para-hydroxylation sites is 1. The maximum atomic E-state index is 12.9. The average Bonchev–Trinajstić information content (AvgIpc) is 2.38. The van der Waals surface area contributed by atoms with E-state index in [1.807, 2.05) is 0 Å². The molecule has 0 radical (unpaired) electrons. The van der Waals surface area contributed by atoms with E-state index in [0.29, 0.717) is 11.3 Å². The molecule has 6 heteroatoms. The molecule has 2 aromatic rings. The third-order valence-electron chi connectivity index (χ3n) is 2.76. The molecule has 0 aliphatic heterocycles. The Labute approximate surface area is 119 Å². The first-order valence-electron chi connectivity index (χ1n) is 5.92. The minimum Gasteiger partial charge on any atom is -0.339 e. The summed E-state index contributed by atoms with van der Waals surface area (Å²) < 4.78 is 38.7. The van der Waals surface area contributed by atoms with Crippen molar-refractivity contribution >= 4 is 23.1 Å². The molecule has 1 N–H and O–H groups in total. The van der Waals surface area contributed by atoms with Crippen molar-refractivity contribution in [1.29, 1.82) is 0 Å². The lowest BCUT2D eigenvalue weighted by Crippen LogP contribution is -2.10. The molecule has 0 saturated heterocycles. The third kappa shape index (κ3) is 3.22. The Bertz CT molecular complexity index is 597. The van der Waals surface area contributed by atoms with Crippen LogP contribution >= 0.6 is 11.6 Å². The lowest BCUT2D eigenvalue weighted by Gasteiger charge is -2.16. The fourth-order valence-corrected chi connectivity index (χ4v) is 2.01. The molecule has 1 atom stereocenters. The van der Waals surface area contributed by atoms with Crippen molar-refractivity contribution in [3.63, 3.8) is 0 Å². The highest BCUT2D eigenvalue weighted by molar-refractivity contribution is 6.21. The zero-order valence-corrected chi connectivity index (χ0v) is 11.3. The summed E-state index contributed by atoms with van der Waals surface area (Å²) in [7, 11) is 0. The number of alkyl halides is 4. The van der Waals surface area contributed by atoms with Crippen molar-refractivity contribution in [2.75, 3.05) is 5.32 Å². The van der Waals surface area contributed by atoms with Crippen molar-refractivity contribution in [2.24, 2.45) is 0 Å². The Morgan fingerprint density at radius 3 is 2.50 bits per heavy atom. The number of rotatable bonds is 3. The molecule has 0 saturated carbocycles. The summed E-state index contributed by atoms with van der Waals surface area (Å²) in [5.74, 6) is -0.232. The summed E-state index contributed by atoms with van der Waals surface area (Å²) in [5.41, 5.74) is 0.421. The van der Waals surface area contributed by atoms with Crippen molar-refractivity contribution in [2.45, 2.75) is 18.5 Å². The van der Waals surface area contributed by atoms with Crippen molar-refractivity contribution in [1.82, 2.24) is 4.98 Å². The molecule has 1 unspecified atom stereocenters. The molecule has 2 rings (SSSR count). The van der Waals surface area contributed by atoms with Crippen LogP contribution in [-0.4, -0.2) is 4.98 Å². The van der Waals surface area contributed by atoms with E-state index in [1.165, 1.54) is 12.3 Å². The monoisotopic (exact) mass is 300 g/mol. The minimum atomic E-state index is -4.46. The van der Waals surface area contributed by atoms with Gasteiger partial charge in [0.05, 0.1) is 10.9 Å². The van der Waals surface area contributed by atoms with Gasteiger partial charge in [0.1, 0.15) is 5.82 Å². The minimum absolute atomic E-state index is 0.232. The molecule has 0 fully saturated rings. The second-order valence-electron chi connectivity index (χ2n) is 4.23. The van der Waals surface area contributed by atoms with Crippen molar-refractivity contribution < 1.29 is 13.2 Å². The van der Waals surface area contributed by atoms with Gasteiger partial charge < -0.3 is 5.32 Å². The van der Waals surface area contributed by atoms with Crippen LogP contribution in [-0.2, 0) is 6.18 Å². The van der Waals surface area contributed by atoms with Gasteiger partial charge in [0.2, 0.25) is 0 Å². The van der Waals surface area contributed by atoms with Gasteiger partial charge in [0, 0.05) is 11.9 Å². The second-order valence-corrected chi connectivity index (χ2v) is 4.88. The van der Waals surface area contributed by atoms with Crippen LogP contribution in [0.15, 0.2) is 42.6 Å². The summed E-state index contributed by atoms with van der Waals surface area (Å²) in [5, 5.41) is 2.39. The predicted molar refractivity (Wildman–Crippen MR) is 73.2 cm³/mol. The van der Waals surface area contributed by atoms with Gasteiger partial charge in [0.15, 0.2) is 0 Å². The molecule has 2 nitrogen and oxygen atoms in total. The Morgan fingerprint density at radius 2 is 1.85 bits per heavy atom. The van der Waals surface area contributed by atoms with E-state index in [9.17, 15) is 13.2 Å². The highest BCUT2D eigenvalue weighted by atomic mass is 35.5. The highest BCUT2D eigenvalue weighted by Crippen LogP contribution is 2.36. The second kappa shape index (κ2) is 5.71. The lowest BCUT2D eigenvalue weighted by molar-refractivity contribution is -0.137. The fourth-order valence-electron chi connectivity index (χ4n) is 1.82. The number of halogens is 4. The molecule has 106 valence electrons. The molecule has 0 aliphatic rings. The maximum Gasteiger partial charge on any atom is 0.419 e. The van der Waals surface area contributed by atoms with E-state index in [2.05, 4.69) is 10.3 Å². The van der Waals surface area contributed by atoms with E-state index in [0.717, 1.165) is 6.07 Å². The van der Waals surface area contributed by atoms with Crippen LogP contribution in [0.4, 0.5) is 24.7 Å². The van der Waals surface area contributed by atoms with Crippen LogP contribution in [0, 0.1) is 0 Å². The zero-order chi connectivity index (χ0) is 14.8. The first kappa shape index (κ1) is 14.7. The van der Waals surface area contributed by atoms with Gasteiger partial charge in [-0.25, -0.2) is 4.98 Å². The van der Waals surface area contributed by atoms with Crippen LogP contribution in [0.3, 0.4) is 0 Å². The Kier molecular flexibility index (Phi) is 4.18. The van der Waals surface area contributed by atoms with E-state index in [-0.39, 0.29) is 11.2 Å². The van der Waals surface area contributed by atoms with Gasteiger partial charge >= 0.3 is 6.18 Å². The molecular formula is C14H12ClF3N2. The van der Waals surface area contributed by atoms with Gasteiger partial charge in [-0.3, -0.25) is 0 Å². The van der Waals surface area contributed by atoms with Crippen LogP contribution in [0.25, 0.3) is 0 Å². The summed E-state index contributed by atoms with van der Waals surface area (Å²) in [6.45, 7) is 1.76. The quantitative estimate of drug-likeness (QED) is 0.794. The normalized spacial score (nSPS) is 13.1.